The molecule has 2 nitrogen and oxygen atoms in total. The van der Waals surface area contributed by atoms with Crippen LogP contribution in [0.15, 0.2) is 41.0 Å². The van der Waals surface area contributed by atoms with Crippen LogP contribution >= 0.6 is 23.2 Å². The molecule has 0 amide bonds. The molecule has 0 aliphatic heterocycles. The van der Waals surface area contributed by atoms with Crippen molar-refractivity contribution in [2.45, 2.75) is 32.2 Å². The van der Waals surface area contributed by atoms with E-state index in [1.165, 1.54) is 0 Å². The van der Waals surface area contributed by atoms with Gasteiger partial charge in [0.1, 0.15) is 5.76 Å². The van der Waals surface area contributed by atoms with Gasteiger partial charge in [-0.3, -0.25) is 0 Å². The first kappa shape index (κ1) is 15.4. The summed E-state index contributed by atoms with van der Waals surface area (Å²) in [4.78, 5) is 0. The lowest BCUT2D eigenvalue weighted by molar-refractivity contribution is 0.438. The molecule has 0 fully saturated rings. The first-order valence-corrected chi connectivity index (χ1v) is 7.64. The molecule has 0 aliphatic rings. The van der Waals surface area contributed by atoms with Crippen LogP contribution in [-0.2, 0) is 12.8 Å². The van der Waals surface area contributed by atoms with Crippen LogP contribution in [0.2, 0.25) is 10.0 Å². The number of halogens is 2. The summed E-state index contributed by atoms with van der Waals surface area (Å²) < 4.78 is 5.44. The summed E-state index contributed by atoms with van der Waals surface area (Å²) in [6.45, 7) is 3.14. The zero-order valence-electron chi connectivity index (χ0n) is 11.5. The summed E-state index contributed by atoms with van der Waals surface area (Å²) in [5.74, 6) is 0.990. The topological polar surface area (TPSA) is 25.2 Å². The van der Waals surface area contributed by atoms with Crippen LogP contribution in [0.3, 0.4) is 0 Å². The van der Waals surface area contributed by atoms with E-state index in [0.29, 0.717) is 11.1 Å². The van der Waals surface area contributed by atoms with Crippen molar-refractivity contribution >= 4 is 23.2 Å². The van der Waals surface area contributed by atoms with E-state index in [2.05, 4.69) is 12.2 Å². The van der Waals surface area contributed by atoms with Crippen LogP contribution < -0.4 is 5.32 Å². The minimum atomic E-state index is 0.305. The number of benzene rings is 1. The fourth-order valence-corrected chi connectivity index (χ4v) is 2.67. The van der Waals surface area contributed by atoms with Gasteiger partial charge in [-0.1, -0.05) is 36.2 Å². The average molecular weight is 312 g/mol. The molecule has 1 heterocycles. The highest BCUT2D eigenvalue weighted by Crippen LogP contribution is 2.23. The minimum Gasteiger partial charge on any atom is -0.469 e. The molecule has 0 saturated carbocycles. The van der Waals surface area contributed by atoms with E-state index in [1.54, 1.807) is 12.3 Å². The summed E-state index contributed by atoms with van der Waals surface area (Å²) in [7, 11) is 0. The predicted molar refractivity (Wildman–Crippen MR) is 84.7 cm³/mol. The van der Waals surface area contributed by atoms with Crippen LogP contribution in [0.5, 0.6) is 0 Å². The smallest absolute Gasteiger partial charge is 0.105 e. The molecule has 2 aromatic rings. The molecule has 1 aromatic heterocycles. The van der Waals surface area contributed by atoms with Crippen LogP contribution in [-0.4, -0.2) is 12.6 Å². The highest BCUT2D eigenvalue weighted by atomic mass is 35.5. The van der Waals surface area contributed by atoms with Crippen LogP contribution in [0.4, 0.5) is 0 Å². The number of rotatable bonds is 7. The van der Waals surface area contributed by atoms with Gasteiger partial charge in [-0.15, -0.1) is 0 Å². The van der Waals surface area contributed by atoms with Gasteiger partial charge in [0.2, 0.25) is 0 Å². The zero-order chi connectivity index (χ0) is 14.4. The predicted octanol–water partition coefficient (Wildman–Crippen LogP) is 4.74. The lowest BCUT2D eigenvalue weighted by Crippen LogP contribution is -2.33. The summed E-state index contributed by atoms with van der Waals surface area (Å²) in [5, 5.41) is 4.94. The van der Waals surface area contributed by atoms with Gasteiger partial charge in [0.05, 0.1) is 6.26 Å². The SMILES string of the molecule is CCCNC(Cc1ccco1)Cc1ccc(Cl)cc1Cl. The maximum atomic E-state index is 6.25. The maximum Gasteiger partial charge on any atom is 0.105 e. The van der Waals surface area contributed by atoms with Crippen molar-refractivity contribution in [3.63, 3.8) is 0 Å². The van der Waals surface area contributed by atoms with Gasteiger partial charge < -0.3 is 9.73 Å². The maximum absolute atomic E-state index is 6.25. The summed E-state index contributed by atoms with van der Waals surface area (Å²) in [6, 6.07) is 9.90. The summed E-state index contributed by atoms with van der Waals surface area (Å²) in [6.07, 6.45) is 4.52. The van der Waals surface area contributed by atoms with Gasteiger partial charge in [0, 0.05) is 22.5 Å². The largest absolute Gasteiger partial charge is 0.469 e. The fraction of sp³-hybridized carbons (Fsp3) is 0.375. The molecule has 0 bridgehead atoms. The van der Waals surface area contributed by atoms with Crippen molar-refractivity contribution in [1.82, 2.24) is 5.32 Å². The molecule has 20 heavy (non-hydrogen) atoms. The lowest BCUT2D eigenvalue weighted by atomic mass is 10.0. The van der Waals surface area contributed by atoms with Crippen molar-refractivity contribution in [3.8, 4) is 0 Å². The first-order valence-electron chi connectivity index (χ1n) is 6.88. The Morgan fingerprint density at radius 3 is 2.70 bits per heavy atom. The lowest BCUT2D eigenvalue weighted by Gasteiger charge is -2.18. The van der Waals surface area contributed by atoms with Crippen molar-refractivity contribution in [3.05, 3.63) is 58.0 Å². The Morgan fingerprint density at radius 2 is 2.05 bits per heavy atom. The van der Waals surface area contributed by atoms with Crippen LogP contribution in [0.25, 0.3) is 0 Å². The molecule has 1 atom stereocenters. The van der Waals surface area contributed by atoms with E-state index in [9.17, 15) is 0 Å². The van der Waals surface area contributed by atoms with E-state index in [-0.39, 0.29) is 0 Å². The van der Waals surface area contributed by atoms with E-state index in [0.717, 1.165) is 42.2 Å². The number of nitrogens with one attached hydrogen (secondary N) is 1. The second-order valence-electron chi connectivity index (χ2n) is 4.87. The molecule has 108 valence electrons. The third kappa shape index (κ3) is 4.55. The zero-order valence-corrected chi connectivity index (χ0v) is 13.0. The van der Waals surface area contributed by atoms with Gasteiger partial charge in [-0.05, 0) is 49.2 Å². The Hall–Kier alpha value is -0.960. The fourth-order valence-electron chi connectivity index (χ4n) is 2.19. The molecular weight excluding hydrogens is 293 g/mol. The standard InChI is InChI=1S/C16H19Cl2NO/c1-2-7-19-14(11-15-4-3-8-20-15)9-12-5-6-13(17)10-16(12)18/h3-6,8,10,14,19H,2,7,9,11H2,1H3. The normalized spacial score (nSPS) is 12.6. The van der Waals surface area contributed by atoms with Crippen LogP contribution in [0.1, 0.15) is 24.7 Å². The van der Waals surface area contributed by atoms with Gasteiger partial charge in [0.15, 0.2) is 0 Å². The highest BCUT2D eigenvalue weighted by Gasteiger charge is 2.13. The Labute approximate surface area is 130 Å². The van der Waals surface area contributed by atoms with E-state index in [1.807, 2.05) is 24.3 Å². The molecule has 1 aromatic carbocycles. The molecule has 2 rings (SSSR count). The molecule has 0 aliphatic carbocycles. The highest BCUT2D eigenvalue weighted by molar-refractivity contribution is 6.35. The Balaban J connectivity index is 2.06. The third-order valence-electron chi connectivity index (χ3n) is 3.19. The van der Waals surface area contributed by atoms with Crippen LogP contribution in [0, 0.1) is 0 Å². The van der Waals surface area contributed by atoms with Gasteiger partial charge >= 0.3 is 0 Å². The van der Waals surface area contributed by atoms with Gasteiger partial charge in [0.25, 0.3) is 0 Å². The summed E-state index contributed by atoms with van der Waals surface area (Å²) in [5.41, 5.74) is 1.11. The Bertz CT molecular complexity index is 525. The molecule has 1 unspecified atom stereocenters. The third-order valence-corrected chi connectivity index (χ3v) is 3.78. The minimum absolute atomic E-state index is 0.305. The first-order chi connectivity index (χ1) is 9.69. The van der Waals surface area contributed by atoms with Crippen molar-refractivity contribution < 1.29 is 4.42 Å². The summed E-state index contributed by atoms with van der Waals surface area (Å²) >= 11 is 12.2. The number of furan rings is 1. The van der Waals surface area contributed by atoms with E-state index < -0.39 is 0 Å². The van der Waals surface area contributed by atoms with Gasteiger partial charge in [-0.25, -0.2) is 0 Å². The van der Waals surface area contributed by atoms with E-state index >= 15 is 0 Å². The molecule has 0 saturated heterocycles. The molecule has 1 N–H and O–H groups in total. The van der Waals surface area contributed by atoms with Gasteiger partial charge in [-0.2, -0.15) is 0 Å². The Morgan fingerprint density at radius 1 is 1.20 bits per heavy atom. The van der Waals surface area contributed by atoms with Crippen molar-refractivity contribution in [1.29, 1.82) is 0 Å². The molecule has 4 heteroatoms. The number of hydrogen-bond donors (Lipinski definition) is 1. The second kappa shape index (κ2) is 7.72. The molecule has 0 spiro atoms. The monoisotopic (exact) mass is 311 g/mol. The molecule has 0 radical (unpaired) electrons. The van der Waals surface area contributed by atoms with E-state index in [4.69, 9.17) is 27.6 Å². The number of hydrogen-bond acceptors (Lipinski definition) is 2. The average Bonchev–Trinajstić information content (AvgIpc) is 2.92. The second-order valence-corrected chi connectivity index (χ2v) is 5.72. The van der Waals surface area contributed by atoms with Crippen molar-refractivity contribution in [2.75, 3.05) is 6.54 Å². The quantitative estimate of drug-likeness (QED) is 0.799. The molecular formula is C16H19Cl2NO. The van der Waals surface area contributed by atoms with Crippen molar-refractivity contribution in [2.24, 2.45) is 0 Å². The Kier molecular flexibility index (Phi) is 5.96.